The van der Waals surface area contributed by atoms with Gasteiger partial charge in [0.1, 0.15) is 11.6 Å². The van der Waals surface area contributed by atoms with Gasteiger partial charge in [-0.2, -0.15) is 0 Å². The first kappa shape index (κ1) is 22.5. The molecule has 0 aliphatic heterocycles. The van der Waals surface area contributed by atoms with Gasteiger partial charge in [-0.25, -0.2) is 9.97 Å². The smallest absolute Gasteiger partial charge is 0.229 e. The number of carbonyl (C=O) groups excluding carboxylic acids is 1. The summed E-state index contributed by atoms with van der Waals surface area (Å²) < 4.78 is 6.03. The van der Waals surface area contributed by atoms with Crippen LogP contribution in [0.1, 0.15) is 18.1 Å². The number of amides is 1. The minimum Gasteiger partial charge on any atom is -0.492 e. The number of benzene rings is 1. The van der Waals surface area contributed by atoms with Crippen molar-refractivity contribution in [3.05, 3.63) is 83.4 Å². The van der Waals surface area contributed by atoms with Crippen LogP contribution in [0.3, 0.4) is 0 Å². The summed E-state index contributed by atoms with van der Waals surface area (Å²) in [7, 11) is 0. The fourth-order valence-electron chi connectivity index (χ4n) is 3.48. The van der Waals surface area contributed by atoms with E-state index in [0.717, 1.165) is 27.8 Å². The lowest BCUT2D eigenvalue weighted by Crippen LogP contribution is -2.17. The molecule has 0 bridgehead atoms. The molecule has 1 aromatic carbocycles. The lowest BCUT2D eigenvalue weighted by Gasteiger charge is -2.13. The summed E-state index contributed by atoms with van der Waals surface area (Å²) in [5.41, 5.74) is 3.17. The molecule has 2 N–H and O–H groups in total. The molecular formula is C25H24ClN5O2. The van der Waals surface area contributed by atoms with Gasteiger partial charge in [0.15, 0.2) is 5.15 Å². The second kappa shape index (κ2) is 10.7. The molecule has 8 heteroatoms. The average Bonchev–Trinajstić information content (AvgIpc) is 2.82. The molecule has 7 nitrogen and oxygen atoms in total. The molecule has 0 fully saturated rings. The maximum absolute atomic E-state index is 12.6. The Balaban J connectivity index is 1.44. The molecular weight excluding hydrogens is 438 g/mol. The Morgan fingerprint density at radius 2 is 1.94 bits per heavy atom. The van der Waals surface area contributed by atoms with Gasteiger partial charge in [-0.05, 0) is 48.9 Å². The van der Waals surface area contributed by atoms with Gasteiger partial charge < -0.3 is 15.4 Å². The molecule has 0 aliphatic carbocycles. The maximum Gasteiger partial charge on any atom is 0.229 e. The van der Waals surface area contributed by atoms with Crippen LogP contribution >= 0.6 is 11.6 Å². The Morgan fingerprint density at radius 1 is 1.06 bits per heavy atom. The van der Waals surface area contributed by atoms with Crippen molar-refractivity contribution < 1.29 is 9.53 Å². The number of hydrogen-bond donors (Lipinski definition) is 2. The van der Waals surface area contributed by atoms with Crippen LogP contribution in [0.4, 0.5) is 11.5 Å². The van der Waals surface area contributed by atoms with Crippen LogP contribution in [0.25, 0.3) is 10.9 Å². The van der Waals surface area contributed by atoms with E-state index in [9.17, 15) is 4.79 Å². The minimum absolute atomic E-state index is 0.157. The SMILES string of the molecule is CCNc1ncc(CCOc2ccnc3ccccc23)cc1CC(=O)Nc1cccnc1Cl. The summed E-state index contributed by atoms with van der Waals surface area (Å²) in [6.07, 6.45) is 5.94. The molecule has 0 atom stereocenters. The highest BCUT2D eigenvalue weighted by Gasteiger charge is 2.13. The van der Waals surface area contributed by atoms with Gasteiger partial charge in [-0.1, -0.05) is 23.7 Å². The number of para-hydroxylation sites is 1. The van der Waals surface area contributed by atoms with E-state index >= 15 is 0 Å². The third-order valence-electron chi connectivity index (χ3n) is 5.01. The fourth-order valence-corrected chi connectivity index (χ4v) is 3.65. The van der Waals surface area contributed by atoms with Crippen LogP contribution in [0, 0.1) is 0 Å². The number of anilines is 2. The van der Waals surface area contributed by atoms with Gasteiger partial charge >= 0.3 is 0 Å². The molecule has 0 aliphatic rings. The van der Waals surface area contributed by atoms with Crippen LogP contribution in [0.15, 0.2) is 67.1 Å². The van der Waals surface area contributed by atoms with E-state index in [1.807, 2.05) is 49.5 Å². The number of ether oxygens (including phenoxy) is 1. The number of pyridine rings is 3. The lowest BCUT2D eigenvalue weighted by molar-refractivity contribution is -0.115. The van der Waals surface area contributed by atoms with Crippen molar-refractivity contribution in [1.29, 1.82) is 0 Å². The largest absolute Gasteiger partial charge is 0.492 e. The number of carbonyl (C=O) groups is 1. The Hall–Kier alpha value is -3.71. The molecule has 0 radical (unpaired) electrons. The quantitative estimate of drug-likeness (QED) is 0.344. The first-order valence-electron chi connectivity index (χ1n) is 10.7. The second-order valence-electron chi connectivity index (χ2n) is 7.37. The van der Waals surface area contributed by atoms with Crippen molar-refractivity contribution in [3.63, 3.8) is 0 Å². The Bertz CT molecular complexity index is 1260. The monoisotopic (exact) mass is 461 g/mol. The van der Waals surface area contributed by atoms with E-state index in [2.05, 4.69) is 25.6 Å². The number of hydrogen-bond acceptors (Lipinski definition) is 6. The van der Waals surface area contributed by atoms with Crippen molar-refractivity contribution in [3.8, 4) is 5.75 Å². The zero-order chi connectivity index (χ0) is 23.0. The molecule has 3 heterocycles. The summed E-state index contributed by atoms with van der Waals surface area (Å²) in [6.45, 7) is 3.17. The Kier molecular flexibility index (Phi) is 7.32. The lowest BCUT2D eigenvalue weighted by atomic mass is 10.1. The third-order valence-corrected chi connectivity index (χ3v) is 5.31. The molecule has 3 aromatic heterocycles. The first-order chi connectivity index (χ1) is 16.1. The third kappa shape index (κ3) is 5.75. The van der Waals surface area contributed by atoms with E-state index < -0.39 is 0 Å². The number of aromatic nitrogens is 3. The number of halogens is 1. The number of nitrogens with one attached hydrogen (secondary N) is 2. The first-order valence-corrected chi connectivity index (χ1v) is 11.1. The predicted octanol–water partition coefficient (Wildman–Crippen LogP) is 4.91. The van der Waals surface area contributed by atoms with E-state index in [4.69, 9.17) is 16.3 Å². The molecule has 0 saturated heterocycles. The zero-order valence-electron chi connectivity index (χ0n) is 18.2. The van der Waals surface area contributed by atoms with E-state index in [1.54, 1.807) is 24.5 Å². The molecule has 4 rings (SSSR count). The van der Waals surface area contributed by atoms with Gasteiger partial charge in [-0.15, -0.1) is 0 Å². The minimum atomic E-state index is -0.192. The highest BCUT2D eigenvalue weighted by molar-refractivity contribution is 6.32. The van der Waals surface area contributed by atoms with Crippen LogP contribution in [-0.4, -0.2) is 34.0 Å². The standard InChI is InChI=1S/C25H24ClN5O2/c1-2-27-25-18(15-23(32)31-21-8-5-11-29-24(21)26)14-17(16-30-25)10-13-33-22-9-12-28-20-7-4-3-6-19(20)22/h3-9,11-12,14,16H,2,10,13,15H2,1H3,(H,27,30)(H,31,32). The topological polar surface area (TPSA) is 89.0 Å². The average molecular weight is 462 g/mol. The van der Waals surface area contributed by atoms with E-state index in [-0.39, 0.29) is 17.5 Å². The second-order valence-corrected chi connectivity index (χ2v) is 7.73. The molecule has 1 amide bonds. The molecule has 4 aromatic rings. The predicted molar refractivity (Wildman–Crippen MR) is 131 cm³/mol. The Morgan fingerprint density at radius 3 is 2.79 bits per heavy atom. The molecule has 0 spiro atoms. The van der Waals surface area contributed by atoms with Crippen molar-refractivity contribution in [2.75, 3.05) is 23.8 Å². The van der Waals surface area contributed by atoms with Crippen molar-refractivity contribution >= 4 is 39.9 Å². The summed E-state index contributed by atoms with van der Waals surface area (Å²) in [6, 6.07) is 15.2. The molecule has 168 valence electrons. The van der Waals surface area contributed by atoms with Gasteiger partial charge in [-0.3, -0.25) is 9.78 Å². The number of rotatable bonds is 9. The summed E-state index contributed by atoms with van der Waals surface area (Å²) >= 11 is 6.05. The normalized spacial score (nSPS) is 10.7. The van der Waals surface area contributed by atoms with Crippen LogP contribution in [-0.2, 0) is 17.6 Å². The summed E-state index contributed by atoms with van der Waals surface area (Å²) in [5.74, 6) is 1.29. The van der Waals surface area contributed by atoms with E-state index in [1.165, 1.54) is 0 Å². The van der Waals surface area contributed by atoms with Crippen molar-refractivity contribution in [2.24, 2.45) is 0 Å². The fraction of sp³-hybridized carbons (Fsp3) is 0.200. The zero-order valence-corrected chi connectivity index (χ0v) is 19.0. The Labute approximate surface area is 197 Å². The molecule has 33 heavy (non-hydrogen) atoms. The molecule has 0 unspecified atom stereocenters. The van der Waals surface area contributed by atoms with Crippen LogP contribution in [0.2, 0.25) is 5.15 Å². The highest BCUT2D eigenvalue weighted by atomic mass is 35.5. The number of fused-ring (bicyclic) bond motifs is 1. The maximum atomic E-state index is 12.6. The summed E-state index contributed by atoms with van der Waals surface area (Å²) in [5, 5.41) is 7.26. The van der Waals surface area contributed by atoms with Crippen molar-refractivity contribution in [1.82, 2.24) is 15.0 Å². The summed E-state index contributed by atoms with van der Waals surface area (Å²) in [4.78, 5) is 25.5. The van der Waals surface area contributed by atoms with Gasteiger partial charge in [0.05, 0.1) is 24.2 Å². The van der Waals surface area contributed by atoms with Crippen LogP contribution < -0.4 is 15.4 Å². The van der Waals surface area contributed by atoms with Gasteiger partial charge in [0, 0.05) is 42.5 Å². The van der Waals surface area contributed by atoms with E-state index in [0.29, 0.717) is 31.1 Å². The number of nitrogens with zero attached hydrogens (tertiary/aromatic N) is 3. The van der Waals surface area contributed by atoms with Gasteiger partial charge in [0.25, 0.3) is 0 Å². The molecule has 0 saturated carbocycles. The van der Waals surface area contributed by atoms with Crippen molar-refractivity contribution in [2.45, 2.75) is 19.8 Å². The van der Waals surface area contributed by atoms with Gasteiger partial charge in [0.2, 0.25) is 5.91 Å². The van der Waals surface area contributed by atoms with Crippen LogP contribution in [0.5, 0.6) is 5.75 Å². The highest BCUT2D eigenvalue weighted by Crippen LogP contribution is 2.24.